The van der Waals surface area contributed by atoms with Crippen molar-refractivity contribution in [1.29, 1.82) is 0 Å². The number of amides is 3. The second kappa shape index (κ2) is 16.2. The Morgan fingerprint density at radius 2 is 1.22 bits per heavy atom. The van der Waals surface area contributed by atoms with Crippen molar-refractivity contribution in [2.45, 2.75) is 71.1 Å². The highest BCUT2D eigenvalue weighted by Crippen LogP contribution is 2.09. The Hall–Kier alpha value is -1.46. The topological polar surface area (TPSA) is 151 Å². The molecule has 0 saturated carbocycles. The molecule has 4 atom stereocenters. The average Bonchev–Trinajstić information content (AvgIpc) is 2.71. The quantitative estimate of drug-likeness (QED) is 0.215. The molecular weight excluding hydrogens is 452 g/mol. The number of carboxylic acids is 1. The summed E-state index contributed by atoms with van der Waals surface area (Å²) >= 11 is 3.00. The predicted octanol–water partition coefficient (Wildman–Crippen LogP) is 1.06. The van der Waals surface area contributed by atoms with Crippen LogP contribution in [0.25, 0.3) is 0 Å². The summed E-state index contributed by atoms with van der Waals surface area (Å²) in [6.07, 6.45) is 4.73. The van der Waals surface area contributed by atoms with Crippen LogP contribution in [-0.2, 0) is 19.2 Å². The van der Waals surface area contributed by atoms with Crippen molar-refractivity contribution in [3.8, 4) is 0 Å². The fourth-order valence-electron chi connectivity index (χ4n) is 2.82. The monoisotopic (exact) mass is 492 g/mol. The first-order valence-electron chi connectivity index (χ1n) is 10.8. The van der Waals surface area contributed by atoms with Crippen LogP contribution >= 0.6 is 23.5 Å². The zero-order chi connectivity index (χ0) is 24.8. The fraction of sp³-hybridized carbons (Fsp3) is 0.810. The molecular formula is C21H40N4O5S2. The van der Waals surface area contributed by atoms with Gasteiger partial charge in [0.1, 0.15) is 18.1 Å². The van der Waals surface area contributed by atoms with Crippen LogP contribution in [0, 0.1) is 11.8 Å². The van der Waals surface area contributed by atoms with Gasteiger partial charge in [-0.15, -0.1) is 0 Å². The third-order valence-electron chi connectivity index (χ3n) is 4.83. The van der Waals surface area contributed by atoms with Crippen molar-refractivity contribution in [3.63, 3.8) is 0 Å². The molecule has 186 valence electrons. The van der Waals surface area contributed by atoms with E-state index in [0.717, 1.165) is 0 Å². The molecule has 11 heteroatoms. The van der Waals surface area contributed by atoms with E-state index < -0.39 is 47.9 Å². The van der Waals surface area contributed by atoms with Gasteiger partial charge in [0.25, 0.3) is 0 Å². The summed E-state index contributed by atoms with van der Waals surface area (Å²) in [6.45, 7) is 7.49. The second-order valence-electron chi connectivity index (χ2n) is 8.48. The van der Waals surface area contributed by atoms with E-state index in [-0.39, 0.29) is 18.3 Å². The molecule has 4 unspecified atom stereocenters. The Morgan fingerprint density at radius 1 is 0.781 bits per heavy atom. The summed E-state index contributed by atoms with van der Waals surface area (Å²) < 4.78 is 0. The number of thioether (sulfide) groups is 2. The summed E-state index contributed by atoms with van der Waals surface area (Å²) in [5.41, 5.74) is 5.91. The molecule has 0 aromatic rings. The average molecular weight is 493 g/mol. The van der Waals surface area contributed by atoms with Gasteiger partial charge in [0.2, 0.25) is 17.7 Å². The van der Waals surface area contributed by atoms with Crippen molar-refractivity contribution >= 4 is 47.2 Å². The summed E-state index contributed by atoms with van der Waals surface area (Å²) in [6, 6.07) is -3.53. The van der Waals surface area contributed by atoms with Crippen molar-refractivity contribution in [3.05, 3.63) is 0 Å². The summed E-state index contributed by atoms with van der Waals surface area (Å²) in [4.78, 5) is 49.7. The number of carbonyl (C=O) groups excluding carboxylic acids is 3. The van der Waals surface area contributed by atoms with Gasteiger partial charge in [0.15, 0.2) is 0 Å². The van der Waals surface area contributed by atoms with Crippen LogP contribution in [0.3, 0.4) is 0 Å². The first-order valence-corrected chi connectivity index (χ1v) is 13.6. The lowest BCUT2D eigenvalue weighted by Crippen LogP contribution is -2.57. The van der Waals surface area contributed by atoms with Crippen LogP contribution in [0.5, 0.6) is 0 Å². The Morgan fingerprint density at radius 3 is 1.66 bits per heavy atom. The lowest BCUT2D eigenvalue weighted by molar-refractivity contribution is -0.142. The molecule has 0 heterocycles. The Labute approximate surface area is 200 Å². The van der Waals surface area contributed by atoms with Crippen LogP contribution in [-0.4, -0.2) is 77.0 Å². The third kappa shape index (κ3) is 12.0. The molecule has 9 nitrogen and oxygen atoms in total. The van der Waals surface area contributed by atoms with E-state index >= 15 is 0 Å². The first-order chi connectivity index (χ1) is 14.9. The molecule has 32 heavy (non-hydrogen) atoms. The smallest absolute Gasteiger partial charge is 0.326 e. The summed E-state index contributed by atoms with van der Waals surface area (Å²) in [7, 11) is 0. The van der Waals surface area contributed by atoms with Crippen molar-refractivity contribution in [2.24, 2.45) is 17.6 Å². The van der Waals surface area contributed by atoms with E-state index in [4.69, 9.17) is 5.73 Å². The zero-order valence-corrected chi connectivity index (χ0v) is 21.6. The van der Waals surface area contributed by atoms with Crippen molar-refractivity contribution in [1.82, 2.24) is 16.0 Å². The van der Waals surface area contributed by atoms with Gasteiger partial charge in [0, 0.05) is 0 Å². The minimum atomic E-state index is -1.12. The number of rotatable bonds is 16. The van der Waals surface area contributed by atoms with Gasteiger partial charge >= 0.3 is 5.97 Å². The molecule has 6 N–H and O–H groups in total. The molecule has 0 radical (unpaired) electrons. The number of hydrogen-bond acceptors (Lipinski definition) is 7. The van der Waals surface area contributed by atoms with Crippen LogP contribution < -0.4 is 21.7 Å². The van der Waals surface area contributed by atoms with Crippen molar-refractivity contribution in [2.75, 3.05) is 24.0 Å². The largest absolute Gasteiger partial charge is 0.480 e. The van der Waals surface area contributed by atoms with Gasteiger partial charge in [-0.2, -0.15) is 23.5 Å². The maximum absolute atomic E-state index is 13.0. The van der Waals surface area contributed by atoms with Gasteiger partial charge in [-0.3, -0.25) is 14.4 Å². The maximum Gasteiger partial charge on any atom is 0.326 e. The van der Waals surface area contributed by atoms with Gasteiger partial charge < -0.3 is 26.8 Å². The van der Waals surface area contributed by atoms with Gasteiger partial charge in [0.05, 0.1) is 6.04 Å². The van der Waals surface area contributed by atoms with Gasteiger partial charge in [-0.05, 0) is 55.1 Å². The number of nitrogens with two attached hydrogens (primary N) is 1. The molecule has 0 aliphatic heterocycles. The number of carbonyl (C=O) groups is 4. The normalized spacial score (nSPS) is 15.0. The number of carboxylic acid groups (broad SMARTS) is 1. The van der Waals surface area contributed by atoms with E-state index in [1.54, 1.807) is 0 Å². The molecule has 0 aliphatic rings. The highest BCUT2D eigenvalue weighted by Gasteiger charge is 2.30. The Bertz CT molecular complexity index is 619. The molecule has 0 aromatic carbocycles. The highest BCUT2D eigenvalue weighted by atomic mass is 32.2. The summed E-state index contributed by atoms with van der Waals surface area (Å²) in [5.74, 6) is -1.37. The molecule has 0 bridgehead atoms. The van der Waals surface area contributed by atoms with E-state index in [0.29, 0.717) is 24.3 Å². The molecule has 0 spiro atoms. The minimum absolute atomic E-state index is 0.0906. The minimum Gasteiger partial charge on any atom is -0.480 e. The Balaban J connectivity index is 5.42. The van der Waals surface area contributed by atoms with Crippen LogP contribution in [0.15, 0.2) is 0 Å². The summed E-state index contributed by atoms with van der Waals surface area (Å²) in [5, 5.41) is 17.4. The standard InChI is InChI=1S/C21H40N4O5S2/c1-12(2)11-16(25-20(28)17(22)13(3)4)19(27)23-14(7-9-31-5)18(26)24-15(21(29)30)8-10-32-6/h12-17H,7-11,22H2,1-6H3,(H,23,27)(H,24,26)(H,25,28)(H,29,30). The molecule has 0 aromatic heterocycles. The van der Waals surface area contributed by atoms with E-state index in [1.165, 1.54) is 23.5 Å². The Kier molecular flexibility index (Phi) is 15.5. The van der Waals surface area contributed by atoms with E-state index in [9.17, 15) is 24.3 Å². The zero-order valence-electron chi connectivity index (χ0n) is 20.0. The van der Waals surface area contributed by atoms with E-state index in [1.807, 2.05) is 40.2 Å². The fourth-order valence-corrected chi connectivity index (χ4v) is 3.76. The lowest BCUT2D eigenvalue weighted by atomic mass is 10.00. The predicted molar refractivity (Wildman–Crippen MR) is 132 cm³/mol. The number of nitrogens with one attached hydrogen (secondary N) is 3. The van der Waals surface area contributed by atoms with Crippen LogP contribution in [0.2, 0.25) is 0 Å². The van der Waals surface area contributed by atoms with Crippen LogP contribution in [0.1, 0.15) is 47.0 Å². The first kappa shape index (κ1) is 30.5. The third-order valence-corrected chi connectivity index (χ3v) is 6.12. The second-order valence-corrected chi connectivity index (χ2v) is 10.5. The molecule has 0 rings (SSSR count). The molecule has 3 amide bonds. The molecule has 0 aliphatic carbocycles. The molecule has 0 fully saturated rings. The maximum atomic E-state index is 13.0. The van der Waals surface area contributed by atoms with Gasteiger partial charge in [-0.1, -0.05) is 27.7 Å². The SMILES string of the molecule is CSCCC(NC(=O)C(CCSC)NC(=O)C(CC(C)C)NC(=O)C(N)C(C)C)C(=O)O. The van der Waals surface area contributed by atoms with E-state index in [2.05, 4.69) is 16.0 Å². The molecule has 0 saturated heterocycles. The van der Waals surface area contributed by atoms with Gasteiger partial charge in [-0.25, -0.2) is 4.79 Å². The van der Waals surface area contributed by atoms with Crippen LogP contribution in [0.4, 0.5) is 0 Å². The number of aliphatic carboxylic acids is 1. The highest BCUT2D eigenvalue weighted by molar-refractivity contribution is 7.98. The van der Waals surface area contributed by atoms with Crippen molar-refractivity contribution < 1.29 is 24.3 Å². The number of hydrogen-bond donors (Lipinski definition) is 5. The lowest BCUT2D eigenvalue weighted by Gasteiger charge is -2.26.